The highest BCUT2D eigenvalue weighted by Crippen LogP contribution is 2.12. The van der Waals surface area contributed by atoms with Gasteiger partial charge < -0.3 is 10.1 Å². The Bertz CT molecular complexity index is 603. The molecule has 5 heteroatoms. The number of ether oxygens (including phenoxy) is 1. The molecular formula is C15H14N2O2S. The van der Waals surface area contributed by atoms with Gasteiger partial charge in [-0.2, -0.15) is 5.26 Å². The molecule has 2 rings (SSSR count). The van der Waals surface area contributed by atoms with Crippen LogP contribution in [0.5, 0.6) is 5.75 Å². The fourth-order valence-corrected chi connectivity index (χ4v) is 2.34. The van der Waals surface area contributed by atoms with Gasteiger partial charge in [-0.1, -0.05) is 12.1 Å². The van der Waals surface area contributed by atoms with E-state index in [4.69, 9.17) is 10.00 Å². The third kappa shape index (κ3) is 4.41. The van der Waals surface area contributed by atoms with Crippen molar-refractivity contribution in [1.29, 1.82) is 5.26 Å². The second-order valence-electron chi connectivity index (χ2n) is 4.11. The maximum atomic E-state index is 11.6. The normalized spacial score (nSPS) is 9.75. The lowest BCUT2D eigenvalue weighted by atomic mass is 10.2. The summed E-state index contributed by atoms with van der Waals surface area (Å²) in [5, 5.41) is 13.6. The van der Waals surface area contributed by atoms with Gasteiger partial charge in [0.2, 0.25) is 0 Å². The van der Waals surface area contributed by atoms with Crippen LogP contribution in [0.15, 0.2) is 41.8 Å². The van der Waals surface area contributed by atoms with E-state index in [0.717, 1.165) is 6.42 Å². The molecule has 0 fully saturated rings. The van der Waals surface area contributed by atoms with E-state index in [9.17, 15) is 4.79 Å². The molecule has 0 aliphatic heterocycles. The number of thiophene rings is 1. The fourth-order valence-electron chi connectivity index (χ4n) is 1.64. The number of hydrogen-bond donors (Lipinski definition) is 1. The molecule has 0 atom stereocenters. The molecule has 0 aliphatic carbocycles. The topological polar surface area (TPSA) is 62.1 Å². The van der Waals surface area contributed by atoms with Gasteiger partial charge in [0.05, 0.1) is 11.6 Å². The van der Waals surface area contributed by atoms with Crippen molar-refractivity contribution in [3.05, 3.63) is 52.2 Å². The molecule has 1 aromatic heterocycles. The van der Waals surface area contributed by atoms with Crippen molar-refractivity contribution in [3.8, 4) is 11.8 Å². The van der Waals surface area contributed by atoms with Gasteiger partial charge in [0, 0.05) is 11.4 Å². The zero-order valence-corrected chi connectivity index (χ0v) is 11.7. The predicted molar refractivity (Wildman–Crippen MR) is 77.7 cm³/mol. The van der Waals surface area contributed by atoms with Gasteiger partial charge in [-0.15, -0.1) is 11.3 Å². The van der Waals surface area contributed by atoms with Gasteiger partial charge in [0.25, 0.3) is 5.91 Å². The first kappa shape index (κ1) is 14.1. The van der Waals surface area contributed by atoms with Gasteiger partial charge in [0.15, 0.2) is 6.61 Å². The molecule has 1 amide bonds. The van der Waals surface area contributed by atoms with Crippen molar-refractivity contribution in [2.24, 2.45) is 0 Å². The summed E-state index contributed by atoms with van der Waals surface area (Å²) in [6.45, 7) is 0.556. The van der Waals surface area contributed by atoms with Gasteiger partial charge >= 0.3 is 0 Å². The Morgan fingerprint density at radius 3 is 3.00 bits per heavy atom. The Morgan fingerprint density at radius 1 is 1.35 bits per heavy atom. The summed E-state index contributed by atoms with van der Waals surface area (Å²) in [7, 11) is 0. The zero-order valence-electron chi connectivity index (χ0n) is 10.8. The van der Waals surface area contributed by atoms with Crippen LogP contribution in [0, 0.1) is 11.3 Å². The number of nitriles is 1. The lowest BCUT2D eigenvalue weighted by Crippen LogP contribution is -2.30. The summed E-state index contributed by atoms with van der Waals surface area (Å²) in [5.41, 5.74) is 0.514. The SMILES string of the molecule is N#Cc1cccc(OCC(=O)NCCc2cccs2)c1. The third-order valence-electron chi connectivity index (χ3n) is 2.61. The monoisotopic (exact) mass is 286 g/mol. The largest absolute Gasteiger partial charge is 0.484 e. The molecule has 0 radical (unpaired) electrons. The molecule has 20 heavy (non-hydrogen) atoms. The number of benzene rings is 1. The summed E-state index contributed by atoms with van der Waals surface area (Å²) in [6, 6.07) is 12.8. The molecular weight excluding hydrogens is 272 g/mol. The lowest BCUT2D eigenvalue weighted by molar-refractivity contribution is -0.123. The molecule has 2 aromatic rings. The Labute approximate surface area is 121 Å². The maximum absolute atomic E-state index is 11.6. The van der Waals surface area contributed by atoms with Crippen LogP contribution in [0.25, 0.3) is 0 Å². The molecule has 4 nitrogen and oxygen atoms in total. The highest BCUT2D eigenvalue weighted by Gasteiger charge is 2.03. The molecule has 1 N–H and O–H groups in total. The van der Waals surface area contributed by atoms with Crippen LogP contribution < -0.4 is 10.1 Å². The first-order chi connectivity index (χ1) is 9.78. The highest BCUT2D eigenvalue weighted by molar-refractivity contribution is 7.09. The van der Waals surface area contributed by atoms with Crippen molar-refractivity contribution in [1.82, 2.24) is 5.32 Å². The molecule has 0 spiro atoms. The van der Waals surface area contributed by atoms with Crippen molar-refractivity contribution in [2.75, 3.05) is 13.2 Å². The van der Waals surface area contributed by atoms with Crippen molar-refractivity contribution in [3.63, 3.8) is 0 Å². The Balaban J connectivity index is 1.70. The fraction of sp³-hybridized carbons (Fsp3) is 0.200. The van der Waals surface area contributed by atoms with Crippen LogP contribution in [0.3, 0.4) is 0 Å². The number of carbonyl (C=O) groups is 1. The average molecular weight is 286 g/mol. The molecule has 0 aliphatic rings. The third-order valence-corrected chi connectivity index (χ3v) is 3.54. The molecule has 0 saturated heterocycles. The zero-order chi connectivity index (χ0) is 14.2. The van der Waals surface area contributed by atoms with Crippen molar-refractivity contribution < 1.29 is 9.53 Å². The van der Waals surface area contributed by atoms with Crippen LogP contribution in [0.2, 0.25) is 0 Å². The van der Waals surface area contributed by atoms with Gasteiger partial charge in [-0.25, -0.2) is 0 Å². The van der Waals surface area contributed by atoms with Crippen molar-refractivity contribution in [2.45, 2.75) is 6.42 Å². The van der Waals surface area contributed by atoms with E-state index < -0.39 is 0 Å². The molecule has 0 bridgehead atoms. The van der Waals surface area contributed by atoms with Gasteiger partial charge in [-0.3, -0.25) is 4.79 Å². The van der Waals surface area contributed by atoms with E-state index in [2.05, 4.69) is 5.32 Å². The average Bonchev–Trinajstić information content (AvgIpc) is 2.98. The maximum Gasteiger partial charge on any atom is 0.257 e. The lowest BCUT2D eigenvalue weighted by Gasteiger charge is -2.07. The van der Waals surface area contributed by atoms with Crippen LogP contribution in [-0.2, 0) is 11.2 Å². The minimum absolute atomic E-state index is 0.0423. The van der Waals surface area contributed by atoms with Gasteiger partial charge in [-0.05, 0) is 36.1 Å². The molecule has 1 heterocycles. The Hall–Kier alpha value is -2.32. The molecule has 102 valence electrons. The van der Waals surface area contributed by atoms with E-state index in [1.165, 1.54) is 4.88 Å². The summed E-state index contributed by atoms with van der Waals surface area (Å²) < 4.78 is 5.34. The number of carbonyl (C=O) groups excluding carboxylic acids is 1. The smallest absolute Gasteiger partial charge is 0.257 e. The van der Waals surface area contributed by atoms with Crippen LogP contribution in [-0.4, -0.2) is 19.1 Å². The quantitative estimate of drug-likeness (QED) is 0.886. The predicted octanol–water partition coefficient (Wildman–Crippen LogP) is 2.36. The number of rotatable bonds is 6. The minimum Gasteiger partial charge on any atom is -0.484 e. The minimum atomic E-state index is -0.163. The van der Waals surface area contributed by atoms with E-state index in [1.54, 1.807) is 35.6 Å². The number of nitrogens with one attached hydrogen (secondary N) is 1. The van der Waals surface area contributed by atoms with Crippen LogP contribution >= 0.6 is 11.3 Å². The summed E-state index contributed by atoms with van der Waals surface area (Å²) in [6.07, 6.45) is 0.827. The second kappa shape index (κ2) is 7.31. The van der Waals surface area contributed by atoms with Gasteiger partial charge in [0.1, 0.15) is 5.75 Å². The molecule has 0 unspecified atom stereocenters. The molecule has 1 aromatic carbocycles. The van der Waals surface area contributed by atoms with Crippen LogP contribution in [0.1, 0.15) is 10.4 Å². The first-order valence-electron chi connectivity index (χ1n) is 6.20. The number of nitrogens with zero attached hydrogens (tertiary/aromatic N) is 1. The number of amides is 1. The standard InChI is InChI=1S/C15H14N2O2S/c16-10-12-3-1-4-13(9-12)19-11-15(18)17-7-6-14-5-2-8-20-14/h1-5,8-9H,6-7,11H2,(H,17,18). The van der Waals surface area contributed by atoms with Crippen LogP contribution in [0.4, 0.5) is 0 Å². The van der Waals surface area contributed by atoms with E-state index in [0.29, 0.717) is 17.9 Å². The van der Waals surface area contributed by atoms with E-state index in [1.807, 2.05) is 23.6 Å². The summed E-state index contributed by atoms with van der Waals surface area (Å²) >= 11 is 1.68. The van der Waals surface area contributed by atoms with Crippen molar-refractivity contribution >= 4 is 17.2 Å². The molecule has 0 saturated carbocycles. The Kier molecular flexibility index (Phi) is 5.15. The number of hydrogen-bond acceptors (Lipinski definition) is 4. The Morgan fingerprint density at radius 2 is 2.25 bits per heavy atom. The summed E-state index contributed by atoms with van der Waals surface area (Å²) in [4.78, 5) is 12.8. The van der Waals surface area contributed by atoms with E-state index in [-0.39, 0.29) is 12.5 Å². The highest BCUT2D eigenvalue weighted by atomic mass is 32.1. The second-order valence-corrected chi connectivity index (χ2v) is 5.14. The summed E-state index contributed by atoms with van der Waals surface area (Å²) in [5.74, 6) is 0.362. The van der Waals surface area contributed by atoms with E-state index >= 15 is 0 Å². The first-order valence-corrected chi connectivity index (χ1v) is 7.08.